The van der Waals surface area contributed by atoms with Crippen molar-refractivity contribution in [2.45, 2.75) is 0 Å². The maximum atomic E-state index is 10.3. The highest BCUT2D eigenvalue weighted by atomic mass is 79.9. The van der Waals surface area contributed by atoms with Crippen molar-refractivity contribution >= 4 is 27.6 Å². The van der Waals surface area contributed by atoms with Crippen molar-refractivity contribution in [2.24, 2.45) is 0 Å². The Kier molecular flexibility index (Phi) is 5.67. The molecular weight excluding hydrogens is 330 g/mol. The van der Waals surface area contributed by atoms with Crippen LogP contribution in [0.3, 0.4) is 0 Å². The van der Waals surface area contributed by atoms with Crippen LogP contribution in [0.25, 0.3) is 0 Å². The number of nitro benzene ring substituents is 1. The Bertz CT molecular complexity index is 540. The normalized spacial score (nSPS) is 9.25. The number of aromatic hydroxyl groups is 1. The molecule has 0 aliphatic heterocycles. The molecule has 0 spiro atoms. The molecule has 0 heterocycles. The number of non-ortho nitro benzene ring substituents is 1. The predicted octanol–water partition coefficient (Wildman–Crippen LogP) is 3.45. The minimum atomic E-state index is -0.896. The first-order valence-electron chi connectivity index (χ1n) is 5.32. The van der Waals surface area contributed by atoms with Gasteiger partial charge in [0.15, 0.2) is 0 Å². The van der Waals surface area contributed by atoms with Gasteiger partial charge in [0, 0.05) is 16.6 Å². The number of halogens is 1. The molecule has 0 unspecified atom stereocenters. The summed E-state index contributed by atoms with van der Waals surface area (Å²) < 4.78 is 0.887. The lowest BCUT2D eigenvalue weighted by Crippen LogP contribution is -1.94. The second-order valence-corrected chi connectivity index (χ2v) is 4.50. The number of benzene rings is 2. The van der Waals surface area contributed by atoms with Crippen LogP contribution in [-0.2, 0) is 0 Å². The number of carboxylic acids is 1. The fourth-order valence-corrected chi connectivity index (χ4v) is 1.43. The van der Waals surface area contributed by atoms with Crippen LogP contribution in [-0.4, -0.2) is 21.1 Å². The van der Waals surface area contributed by atoms with E-state index >= 15 is 0 Å². The van der Waals surface area contributed by atoms with Gasteiger partial charge in [0.2, 0.25) is 0 Å². The largest absolute Gasteiger partial charge is 0.508 e. The number of aromatic carboxylic acids is 1. The van der Waals surface area contributed by atoms with Crippen molar-refractivity contribution < 1.29 is 19.9 Å². The first-order chi connectivity index (χ1) is 9.40. The molecule has 0 fully saturated rings. The Morgan fingerprint density at radius 2 is 1.55 bits per heavy atom. The van der Waals surface area contributed by atoms with Gasteiger partial charge in [0.1, 0.15) is 5.75 Å². The van der Waals surface area contributed by atoms with Crippen molar-refractivity contribution in [1.82, 2.24) is 0 Å². The summed E-state index contributed by atoms with van der Waals surface area (Å²) in [5.74, 6) is -0.863. The zero-order valence-electron chi connectivity index (χ0n) is 10.1. The van der Waals surface area contributed by atoms with Crippen LogP contribution in [0.1, 0.15) is 10.4 Å². The molecule has 0 aliphatic rings. The van der Waals surface area contributed by atoms with Crippen molar-refractivity contribution in [3.05, 3.63) is 68.7 Å². The van der Waals surface area contributed by atoms with Crippen LogP contribution in [0.15, 0.2) is 53.0 Å². The number of carboxylic acid groups (broad SMARTS) is 1. The van der Waals surface area contributed by atoms with Gasteiger partial charge in [-0.25, -0.2) is 4.79 Å². The number of nitrogens with zero attached hydrogens (tertiary/aromatic N) is 1. The van der Waals surface area contributed by atoms with E-state index in [1.165, 1.54) is 24.3 Å². The van der Waals surface area contributed by atoms with Gasteiger partial charge in [0.05, 0.1) is 10.5 Å². The van der Waals surface area contributed by atoms with Gasteiger partial charge in [-0.2, -0.15) is 0 Å². The van der Waals surface area contributed by atoms with Crippen molar-refractivity contribution in [3.8, 4) is 5.75 Å². The Labute approximate surface area is 122 Å². The van der Waals surface area contributed by atoms with E-state index in [1.54, 1.807) is 24.3 Å². The zero-order valence-corrected chi connectivity index (χ0v) is 11.6. The number of phenols is 1. The molecule has 2 rings (SSSR count). The van der Waals surface area contributed by atoms with Crippen LogP contribution in [0, 0.1) is 10.1 Å². The highest BCUT2D eigenvalue weighted by Gasteiger charge is 2.01. The average molecular weight is 340 g/mol. The number of hydrogen-bond donors (Lipinski definition) is 2. The van der Waals surface area contributed by atoms with Gasteiger partial charge < -0.3 is 10.2 Å². The molecule has 7 heteroatoms. The molecule has 2 N–H and O–H groups in total. The fourth-order valence-electron chi connectivity index (χ4n) is 1.17. The van der Waals surface area contributed by atoms with E-state index in [2.05, 4.69) is 15.9 Å². The number of hydrogen-bond acceptors (Lipinski definition) is 4. The second kappa shape index (κ2) is 7.25. The molecule has 6 nitrogen and oxygen atoms in total. The van der Waals surface area contributed by atoms with Crippen LogP contribution in [0.5, 0.6) is 5.75 Å². The lowest BCUT2D eigenvalue weighted by Gasteiger charge is -1.91. The minimum Gasteiger partial charge on any atom is -0.508 e. The summed E-state index contributed by atoms with van der Waals surface area (Å²) in [4.78, 5) is 19.8. The summed E-state index contributed by atoms with van der Waals surface area (Å²) in [7, 11) is 0. The van der Waals surface area contributed by atoms with E-state index in [0.717, 1.165) is 4.47 Å². The quantitative estimate of drug-likeness (QED) is 0.644. The van der Waals surface area contributed by atoms with E-state index < -0.39 is 10.9 Å². The second-order valence-electron chi connectivity index (χ2n) is 3.59. The molecule has 0 atom stereocenters. The van der Waals surface area contributed by atoms with Gasteiger partial charge in [-0.15, -0.1) is 0 Å². The van der Waals surface area contributed by atoms with Gasteiger partial charge in [-0.3, -0.25) is 10.1 Å². The first-order valence-corrected chi connectivity index (χ1v) is 6.11. The Morgan fingerprint density at radius 1 is 1.05 bits per heavy atom. The van der Waals surface area contributed by atoms with Crippen LogP contribution < -0.4 is 0 Å². The molecule has 0 radical (unpaired) electrons. The molecule has 0 saturated heterocycles. The van der Waals surface area contributed by atoms with Crippen LogP contribution in [0.4, 0.5) is 5.69 Å². The monoisotopic (exact) mass is 339 g/mol. The standard InChI is InChI=1S/C7H5BrO2.C6H5NO3/c2*8-6-3-1-5(2-4-6)7(9)10/h1-4H,(H,9,10);1-4,8H. The summed E-state index contributed by atoms with van der Waals surface area (Å²) in [6, 6.07) is 11.5. The summed E-state index contributed by atoms with van der Waals surface area (Å²) in [5, 5.41) is 27.2. The average Bonchev–Trinajstić information content (AvgIpc) is 2.40. The van der Waals surface area contributed by atoms with E-state index in [-0.39, 0.29) is 11.4 Å². The zero-order chi connectivity index (χ0) is 15.1. The Hall–Kier alpha value is -2.41. The topological polar surface area (TPSA) is 101 Å². The van der Waals surface area contributed by atoms with Gasteiger partial charge >= 0.3 is 5.97 Å². The molecule has 2 aromatic rings. The Morgan fingerprint density at radius 3 is 1.95 bits per heavy atom. The van der Waals surface area contributed by atoms with Gasteiger partial charge in [-0.1, -0.05) is 15.9 Å². The third kappa shape index (κ3) is 5.07. The SMILES string of the molecule is O=C(O)c1ccc(Br)cc1.O=[N+]([O-])c1ccc(O)cc1. The number of carbonyl (C=O) groups is 1. The maximum Gasteiger partial charge on any atom is 0.335 e. The number of rotatable bonds is 2. The number of nitro groups is 1. The molecule has 104 valence electrons. The summed E-state index contributed by atoms with van der Waals surface area (Å²) in [6.45, 7) is 0. The summed E-state index contributed by atoms with van der Waals surface area (Å²) >= 11 is 3.20. The van der Waals surface area contributed by atoms with E-state index in [4.69, 9.17) is 10.2 Å². The van der Waals surface area contributed by atoms with Gasteiger partial charge in [-0.05, 0) is 36.4 Å². The fraction of sp³-hybridized carbons (Fsp3) is 0. The van der Waals surface area contributed by atoms with Crippen LogP contribution >= 0.6 is 15.9 Å². The molecule has 0 aliphatic carbocycles. The van der Waals surface area contributed by atoms with E-state index in [0.29, 0.717) is 5.56 Å². The highest BCUT2D eigenvalue weighted by molar-refractivity contribution is 9.10. The molecule has 0 aromatic heterocycles. The third-order valence-corrected chi connectivity index (χ3v) is 2.68. The first kappa shape index (κ1) is 15.6. The summed E-state index contributed by atoms with van der Waals surface area (Å²) in [5.41, 5.74) is 0.293. The maximum absolute atomic E-state index is 10.3. The molecule has 0 bridgehead atoms. The van der Waals surface area contributed by atoms with Crippen molar-refractivity contribution in [1.29, 1.82) is 0 Å². The molecule has 2 aromatic carbocycles. The van der Waals surface area contributed by atoms with E-state index in [1.807, 2.05) is 0 Å². The predicted molar refractivity (Wildman–Crippen MR) is 75.9 cm³/mol. The summed E-state index contributed by atoms with van der Waals surface area (Å²) in [6.07, 6.45) is 0. The lowest BCUT2D eigenvalue weighted by molar-refractivity contribution is -0.384. The van der Waals surface area contributed by atoms with Gasteiger partial charge in [0.25, 0.3) is 5.69 Å². The smallest absolute Gasteiger partial charge is 0.335 e. The Balaban J connectivity index is 0.000000200. The minimum absolute atomic E-state index is 0.0159. The molecule has 20 heavy (non-hydrogen) atoms. The molecule has 0 saturated carbocycles. The third-order valence-electron chi connectivity index (χ3n) is 2.15. The molecule has 0 amide bonds. The van der Waals surface area contributed by atoms with Crippen molar-refractivity contribution in [2.75, 3.05) is 0 Å². The highest BCUT2D eigenvalue weighted by Crippen LogP contribution is 2.15. The lowest BCUT2D eigenvalue weighted by atomic mass is 10.2. The number of phenolic OH excluding ortho intramolecular Hbond substituents is 1. The van der Waals surface area contributed by atoms with E-state index in [9.17, 15) is 14.9 Å². The van der Waals surface area contributed by atoms with Crippen molar-refractivity contribution in [3.63, 3.8) is 0 Å². The molecular formula is C13H10BrNO5. The van der Waals surface area contributed by atoms with Crippen LogP contribution in [0.2, 0.25) is 0 Å².